The molecule has 0 spiro atoms. The van der Waals surface area contributed by atoms with Gasteiger partial charge in [-0.3, -0.25) is 4.99 Å². The van der Waals surface area contributed by atoms with Gasteiger partial charge in [0.1, 0.15) is 5.75 Å². The third-order valence-electron chi connectivity index (χ3n) is 4.20. The first-order valence-electron chi connectivity index (χ1n) is 8.81. The normalized spacial score (nSPS) is 12.3. The number of rotatable bonds is 6. The first-order valence-corrected chi connectivity index (χ1v) is 9.19. The van der Waals surface area contributed by atoms with Gasteiger partial charge in [0, 0.05) is 6.21 Å². The van der Waals surface area contributed by atoms with Gasteiger partial charge in [0.15, 0.2) is 0 Å². The van der Waals surface area contributed by atoms with E-state index in [0.717, 1.165) is 17.7 Å². The van der Waals surface area contributed by atoms with Crippen LogP contribution in [0.1, 0.15) is 25.8 Å². The van der Waals surface area contributed by atoms with Crippen molar-refractivity contribution in [3.05, 3.63) is 83.4 Å². The molecule has 0 saturated carbocycles. The van der Waals surface area contributed by atoms with E-state index in [-0.39, 0.29) is 6.10 Å². The molecular weight excluding hydrogens is 342 g/mol. The molecule has 0 aliphatic carbocycles. The summed E-state index contributed by atoms with van der Waals surface area (Å²) in [6, 6.07) is 24.2. The first kappa shape index (κ1) is 18.2. The summed E-state index contributed by atoms with van der Waals surface area (Å²) in [5, 5.41) is 0.605. The fourth-order valence-electron chi connectivity index (χ4n) is 2.51. The summed E-state index contributed by atoms with van der Waals surface area (Å²) in [5.74, 6) is 0.713. The predicted octanol–water partition coefficient (Wildman–Crippen LogP) is 6.93. The first-order chi connectivity index (χ1) is 12.7. The van der Waals surface area contributed by atoms with Gasteiger partial charge in [-0.25, -0.2) is 0 Å². The van der Waals surface area contributed by atoms with Crippen molar-refractivity contribution in [3.8, 4) is 16.9 Å². The molecule has 0 aliphatic heterocycles. The minimum absolute atomic E-state index is 0.148. The summed E-state index contributed by atoms with van der Waals surface area (Å²) in [6.07, 6.45) is 2.91. The largest absolute Gasteiger partial charge is 0.489 e. The molecule has 0 saturated heterocycles. The molecule has 1 atom stereocenters. The minimum Gasteiger partial charge on any atom is -0.489 e. The number of aliphatic imine (C=N–C) groups is 1. The predicted molar refractivity (Wildman–Crippen MR) is 111 cm³/mol. The van der Waals surface area contributed by atoms with Gasteiger partial charge in [-0.2, -0.15) is 0 Å². The second kappa shape index (κ2) is 8.68. The van der Waals surface area contributed by atoms with Crippen LogP contribution in [0.2, 0.25) is 5.02 Å². The highest BCUT2D eigenvalue weighted by molar-refractivity contribution is 6.32. The molecule has 2 nitrogen and oxygen atoms in total. The van der Waals surface area contributed by atoms with Crippen molar-refractivity contribution in [1.82, 2.24) is 0 Å². The maximum atomic E-state index is 6.31. The zero-order valence-corrected chi connectivity index (χ0v) is 15.8. The highest BCUT2D eigenvalue weighted by atomic mass is 35.5. The molecule has 26 heavy (non-hydrogen) atoms. The van der Waals surface area contributed by atoms with Crippen LogP contribution in [-0.2, 0) is 0 Å². The lowest BCUT2D eigenvalue weighted by atomic mass is 10.1. The summed E-state index contributed by atoms with van der Waals surface area (Å²) >= 11 is 6.31. The van der Waals surface area contributed by atoms with Crippen molar-refractivity contribution < 1.29 is 4.74 Å². The molecule has 0 fully saturated rings. The lowest BCUT2D eigenvalue weighted by Gasteiger charge is -2.13. The van der Waals surface area contributed by atoms with E-state index in [1.807, 2.05) is 61.7 Å². The van der Waals surface area contributed by atoms with E-state index in [1.165, 1.54) is 11.1 Å². The fourth-order valence-corrected chi connectivity index (χ4v) is 2.75. The van der Waals surface area contributed by atoms with Crippen LogP contribution in [0.4, 0.5) is 5.69 Å². The Kier molecular flexibility index (Phi) is 6.08. The number of nitrogens with zero attached hydrogens (tertiary/aromatic N) is 1. The van der Waals surface area contributed by atoms with Crippen LogP contribution in [0, 0.1) is 0 Å². The number of benzene rings is 3. The molecule has 0 radical (unpaired) electrons. The third-order valence-corrected chi connectivity index (χ3v) is 4.49. The second-order valence-electron chi connectivity index (χ2n) is 6.20. The fraction of sp³-hybridized carbons (Fsp3) is 0.174. The third kappa shape index (κ3) is 4.74. The van der Waals surface area contributed by atoms with E-state index in [9.17, 15) is 0 Å². The standard InChI is InChI=1S/C23H22ClNO/c1-3-17(2)26-23-14-9-18(15-22(23)24)16-25-21-12-10-20(11-13-21)19-7-5-4-6-8-19/h4-17H,3H2,1-2H3/t17-/m0/s1. The monoisotopic (exact) mass is 363 g/mol. The maximum Gasteiger partial charge on any atom is 0.138 e. The van der Waals surface area contributed by atoms with Crippen molar-refractivity contribution >= 4 is 23.5 Å². The number of hydrogen-bond donors (Lipinski definition) is 0. The highest BCUT2D eigenvalue weighted by Crippen LogP contribution is 2.27. The molecule has 0 bridgehead atoms. The van der Waals surface area contributed by atoms with Crippen LogP contribution in [0.15, 0.2) is 77.8 Å². The van der Waals surface area contributed by atoms with Crippen LogP contribution >= 0.6 is 11.6 Å². The Hall–Kier alpha value is -2.58. The van der Waals surface area contributed by atoms with Gasteiger partial charge in [-0.15, -0.1) is 0 Å². The molecule has 0 amide bonds. The van der Waals surface area contributed by atoms with Crippen molar-refractivity contribution in [2.24, 2.45) is 4.99 Å². The number of hydrogen-bond acceptors (Lipinski definition) is 2. The molecule has 0 unspecified atom stereocenters. The Balaban J connectivity index is 1.70. The van der Waals surface area contributed by atoms with E-state index in [4.69, 9.17) is 16.3 Å². The summed E-state index contributed by atoms with van der Waals surface area (Å²) < 4.78 is 5.79. The average molecular weight is 364 g/mol. The second-order valence-corrected chi connectivity index (χ2v) is 6.60. The summed E-state index contributed by atoms with van der Waals surface area (Å²) in [5.41, 5.74) is 4.23. The Labute approximate surface area is 160 Å². The quantitative estimate of drug-likeness (QED) is 0.435. The molecule has 3 aromatic carbocycles. The Bertz CT molecular complexity index is 872. The van der Waals surface area contributed by atoms with E-state index >= 15 is 0 Å². The molecule has 0 aliphatic rings. The van der Waals surface area contributed by atoms with Crippen molar-refractivity contribution in [2.45, 2.75) is 26.4 Å². The molecular formula is C23H22ClNO. The van der Waals surface area contributed by atoms with Gasteiger partial charge in [-0.1, -0.05) is 61.0 Å². The molecule has 0 N–H and O–H groups in total. The van der Waals surface area contributed by atoms with E-state index in [1.54, 1.807) is 0 Å². The molecule has 3 heteroatoms. The van der Waals surface area contributed by atoms with Gasteiger partial charge >= 0.3 is 0 Å². The lowest BCUT2D eigenvalue weighted by molar-refractivity contribution is 0.217. The van der Waals surface area contributed by atoms with E-state index < -0.39 is 0 Å². The SMILES string of the molecule is CC[C@H](C)Oc1ccc(C=Nc2ccc(-c3ccccc3)cc2)cc1Cl. The minimum atomic E-state index is 0.148. The molecule has 3 aromatic rings. The van der Waals surface area contributed by atoms with Crippen molar-refractivity contribution in [1.29, 1.82) is 0 Å². The summed E-state index contributed by atoms with van der Waals surface area (Å²) in [4.78, 5) is 4.53. The van der Waals surface area contributed by atoms with Gasteiger partial charge in [-0.05, 0) is 60.4 Å². The van der Waals surface area contributed by atoms with Crippen LogP contribution in [-0.4, -0.2) is 12.3 Å². The Morgan fingerprint density at radius 1 is 0.962 bits per heavy atom. The maximum absolute atomic E-state index is 6.31. The number of halogens is 1. The highest BCUT2D eigenvalue weighted by Gasteiger charge is 2.06. The summed E-state index contributed by atoms with van der Waals surface area (Å²) in [7, 11) is 0. The van der Waals surface area contributed by atoms with E-state index in [0.29, 0.717) is 10.8 Å². The van der Waals surface area contributed by atoms with E-state index in [2.05, 4.69) is 36.2 Å². The topological polar surface area (TPSA) is 21.6 Å². The Morgan fingerprint density at radius 3 is 2.31 bits per heavy atom. The zero-order valence-electron chi connectivity index (χ0n) is 15.0. The molecule has 0 aromatic heterocycles. The van der Waals surface area contributed by atoms with Crippen molar-refractivity contribution in [2.75, 3.05) is 0 Å². The smallest absolute Gasteiger partial charge is 0.138 e. The molecule has 3 rings (SSSR count). The average Bonchev–Trinajstić information content (AvgIpc) is 2.69. The zero-order chi connectivity index (χ0) is 18.4. The van der Waals surface area contributed by atoms with Gasteiger partial charge in [0.2, 0.25) is 0 Å². The van der Waals surface area contributed by atoms with Crippen LogP contribution in [0.5, 0.6) is 5.75 Å². The van der Waals surface area contributed by atoms with Gasteiger partial charge < -0.3 is 4.74 Å². The van der Waals surface area contributed by atoms with Crippen LogP contribution in [0.25, 0.3) is 11.1 Å². The molecule has 132 valence electrons. The van der Waals surface area contributed by atoms with Crippen LogP contribution < -0.4 is 4.74 Å². The van der Waals surface area contributed by atoms with Gasteiger partial charge in [0.05, 0.1) is 16.8 Å². The lowest BCUT2D eigenvalue weighted by Crippen LogP contribution is -2.09. The van der Waals surface area contributed by atoms with Gasteiger partial charge in [0.25, 0.3) is 0 Å². The number of ether oxygens (including phenoxy) is 1. The molecule has 0 heterocycles. The Morgan fingerprint density at radius 2 is 1.65 bits per heavy atom. The van der Waals surface area contributed by atoms with Crippen molar-refractivity contribution in [3.63, 3.8) is 0 Å². The summed E-state index contributed by atoms with van der Waals surface area (Å²) in [6.45, 7) is 4.12. The van der Waals surface area contributed by atoms with Crippen LogP contribution in [0.3, 0.4) is 0 Å².